The van der Waals surface area contributed by atoms with Gasteiger partial charge in [0.2, 0.25) is 0 Å². The van der Waals surface area contributed by atoms with E-state index in [0.29, 0.717) is 22.0 Å². The molecule has 0 spiro atoms. The maximum Gasteiger partial charge on any atom is 0.259 e. The zero-order valence-electron chi connectivity index (χ0n) is 17.1. The van der Waals surface area contributed by atoms with Crippen molar-refractivity contribution in [2.45, 2.75) is 25.7 Å². The predicted molar refractivity (Wildman–Crippen MR) is 119 cm³/mol. The quantitative estimate of drug-likeness (QED) is 0.629. The molecule has 3 aromatic rings. The number of aryl methyl sites for hydroxylation is 1. The highest BCUT2D eigenvalue weighted by atomic mass is 35.5. The topological polar surface area (TPSA) is 68.2 Å². The summed E-state index contributed by atoms with van der Waals surface area (Å²) in [7, 11) is 1.56. The molecule has 2 N–H and O–H groups in total. The third kappa shape index (κ3) is 4.20. The predicted octanol–water partition coefficient (Wildman–Crippen LogP) is 4.56. The van der Waals surface area contributed by atoms with E-state index in [9.17, 15) is 4.79 Å². The number of hydrogen-bond donors (Lipinski definition) is 2. The Kier molecular flexibility index (Phi) is 6.06. The van der Waals surface area contributed by atoms with Crippen molar-refractivity contribution in [1.29, 1.82) is 0 Å². The minimum absolute atomic E-state index is 0.192. The number of anilines is 1. The van der Waals surface area contributed by atoms with Gasteiger partial charge in [-0.15, -0.1) is 0 Å². The van der Waals surface area contributed by atoms with E-state index in [1.165, 1.54) is 5.56 Å². The highest BCUT2D eigenvalue weighted by molar-refractivity contribution is 6.32. The first-order chi connectivity index (χ1) is 14.6. The molecule has 1 aromatic heterocycles. The summed E-state index contributed by atoms with van der Waals surface area (Å²) < 4.78 is 7.09. The maximum atomic E-state index is 13.2. The van der Waals surface area contributed by atoms with E-state index in [-0.39, 0.29) is 11.8 Å². The van der Waals surface area contributed by atoms with Crippen LogP contribution in [0.3, 0.4) is 0 Å². The van der Waals surface area contributed by atoms with Crippen molar-refractivity contribution in [2.75, 3.05) is 25.5 Å². The molecule has 4 rings (SSSR count). The van der Waals surface area contributed by atoms with E-state index >= 15 is 0 Å². The Labute approximate surface area is 181 Å². The normalized spacial score (nSPS) is 14.5. The summed E-state index contributed by atoms with van der Waals surface area (Å²) in [4.78, 5) is 13.2. The van der Waals surface area contributed by atoms with Crippen LogP contribution in [-0.4, -0.2) is 35.9 Å². The zero-order chi connectivity index (χ0) is 21.1. The second-order valence-electron chi connectivity index (χ2n) is 7.52. The van der Waals surface area contributed by atoms with Crippen molar-refractivity contribution in [2.24, 2.45) is 0 Å². The fourth-order valence-electron chi connectivity index (χ4n) is 3.86. The lowest BCUT2D eigenvalue weighted by Crippen LogP contribution is -2.29. The number of halogens is 1. The summed E-state index contributed by atoms with van der Waals surface area (Å²) in [6, 6.07) is 13.4. The van der Waals surface area contributed by atoms with Crippen molar-refractivity contribution in [3.8, 4) is 11.4 Å². The molecule has 7 heteroatoms. The molecule has 1 aliphatic heterocycles. The second-order valence-corrected chi connectivity index (χ2v) is 7.93. The maximum absolute atomic E-state index is 13.2. The van der Waals surface area contributed by atoms with Crippen LogP contribution in [0.25, 0.3) is 5.69 Å². The number of benzene rings is 2. The van der Waals surface area contributed by atoms with Gasteiger partial charge in [0, 0.05) is 11.6 Å². The van der Waals surface area contributed by atoms with Crippen LogP contribution in [-0.2, 0) is 0 Å². The van der Waals surface area contributed by atoms with E-state index in [1.54, 1.807) is 31.5 Å². The van der Waals surface area contributed by atoms with Crippen molar-refractivity contribution in [3.63, 3.8) is 0 Å². The molecular weight excluding hydrogens is 400 g/mol. The summed E-state index contributed by atoms with van der Waals surface area (Å²) in [6.07, 6.45) is 3.59. The molecule has 0 bridgehead atoms. The number of amides is 1. The molecule has 1 aliphatic rings. The van der Waals surface area contributed by atoms with E-state index in [0.717, 1.165) is 37.3 Å². The number of ether oxygens (including phenoxy) is 1. The Morgan fingerprint density at radius 1 is 1.20 bits per heavy atom. The van der Waals surface area contributed by atoms with Crippen LogP contribution in [0.4, 0.5) is 5.69 Å². The van der Waals surface area contributed by atoms with Gasteiger partial charge < -0.3 is 15.4 Å². The summed E-state index contributed by atoms with van der Waals surface area (Å²) in [5, 5.41) is 11.4. The molecule has 2 heterocycles. The number of nitrogens with zero attached hydrogens (tertiary/aromatic N) is 2. The summed E-state index contributed by atoms with van der Waals surface area (Å²) in [6.45, 7) is 3.91. The van der Waals surface area contributed by atoms with Gasteiger partial charge in [-0.2, -0.15) is 5.10 Å². The van der Waals surface area contributed by atoms with Crippen LogP contribution in [0.1, 0.15) is 40.4 Å². The molecule has 0 aliphatic carbocycles. The molecule has 6 nitrogen and oxygen atoms in total. The van der Waals surface area contributed by atoms with E-state index in [2.05, 4.69) is 34.8 Å². The lowest BCUT2D eigenvalue weighted by atomic mass is 9.91. The number of nitrogens with one attached hydrogen (secondary N) is 2. The average molecular weight is 425 g/mol. The van der Waals surface area contributed by atoms with Crippen LogP contribution in [0.2, 0.25) is 5.02 Å². The number of methoxy groups -OCH3 is 1. The van der Waals surface area contributed by atoms with Gasteiger partial charge in [-0.25, -0.2) is 4.68 Å². The van der Waals surface area contributed by atoms with Gasteiger partial charge in [-0.05, 0) is 63.2 Å². The number of hydrogen-bond acceptors (Lipinski definition) is 4. The minimum Gasteiger partial charge on any atom is -0.495 e. The van der Waals surface area contributed by atoms with E-state index in [4.69, 9.17) is 16.3 Å². The Morgan fingerprint density at radius 3 is 2.60 bits per heavy atom. The molecule has 2 aromatic carbocycles. The van der Waals surface area contributed by atoms with Crippen LogP contribution in [0, 0.1) is 6.92 Å². The number of carbonyl (C=O) groups is 1. The molecule has 0 radical (unpaired) electrons. The van der Waals surface area contributed by atoms with Crippen LogP contribution in [0.15, 0.2) is 48.7 Å². The van der Waals surface area contributed by atoms with Crippen molar-refractivity contribution in [3.05, 3.63) is 70.5 Å². The molecule has 156 valence electrons. The molecular formula is C23H25ClN4O2. The zero-order valence-corrected chi connectivity index (χ0v) is 17.9. The first-order valence-corrected chi connectivity index (χ1v) is 10.4. The summed E-state index contributed by atoms with van der Waals surface area (Å²) in [5.41, 5.74) is 4.31. The molecule has 1 fully saturated rings. The van der Waals surface area contributed by atoms with Gasteiger partial charge in [-0.3, -0.25) is 4.79 Å². The third-order valence-electron chi connectivity index (χ3n) is 5.47. The molecule has 0 atom stereocenters. The molecule has 0 saturated carbocycles. The Balaban J connectivity index is 1.69. The highest BCUT2D eigenvalue weighted by Gasteiger charge is 2.27. The van der Waals surface area contributed by atoms with Crippen molar-refractivity contribution in [1.82, 2.24) is 15.1 Å². The van der Waals surface area contributed by atoms with Gasteiger partial charge in [0.15, 0.2) is 0 Å². The van der Waals surface area contributed by atoms with E-state index in [1.807, 2.05) is 16.8 Å². The lowest BCUT2D eigenvalue weighted by molar-refractivity contribution is 0.102. The van der Waals surface area contributed by atoms with Gasteiger partial charge in [-0.1, -0.05) is 29.3 Å². The van der Waals surface area contributed by atoms with Gasteiger partial charge in [0.1, 0.15) is 5.75 Å². The fraction of sp³-hybridized carbons (Fsp3) is 0.304. The highest BCUT2D eigenvalue weighted by Crippen LogP contribution is 2.32. The molecule has 1 amide bonds. The van der Waals surface area contributed by atoms with Crippen LogP contribution < -0.4 is 15.4 Å². The monoisotopic (exact) mass is 424 g/mol. The lowest BCUT2D eigenvalue weighted by Gasteiger charge is -2.24. The van der Waals surface area contributed by atoms with Crippen molar-refractivity contribution >= 4 is 23.2 Å². The van der Waals surface area contributed by atoms with Gasteiger partial charge in [0.05, 0.1) is 35.3 Å². The average Bonchev–Trinajstić information content (AvgIpc) is 3.20. The second kappa shape index (κ2) is 8.90. The van der Waals surface area contributed by atoms with E-state index < -0.39 is 0 Å². The number of piperidine rings is 1. The number of rotatable bonds is 5. The summed E-state index contributed by atoms with van der Waals surface area (Å²) >= 11 is 6.21. The Hall–Kier alpha value is -2.83. The third-order valence-corrected chi connectivity index (χ3v) is 5.76. The number of aromatic nitrogens is 2. The molecule has 30 heavy (non-hydrogen) atoms. The first-order valence-electron chi connectivity index (χ1n) is 10.1. The first kappa shape index (κ1) is 20.4. The van der Waals surface area contributed by atoms with Crippen LogP contribution >= 0.6 is 11.6 Å². The molecule has 1 saturated heterocycles. The van der Waals surface area contributed by atoms with Gasteiger partial charge in [0.25, 0.3) is 5.91 Å². The Bertz CT molecular complexity index is 1040. The van der Waals surface area contributed by atoms with Crippen LogP contribution in [0.5, 0.6) is 5.75 Å². The molecule has 0 unspecified atom stereocenters. The standard InChI is InChI=1S/C23H25ClN4O2/c1-15-3-6-18(7-4-15)28-22(16-9-11-25-12-10-16)19(14-26-28)23(29)27-17-5-8-21(30-2)20(24)13-17/h3-8,13-14,16,25H,9-12H2,1-2H3,(H,27,29). The number of carbonyl (C=O) groups excluding carboxylic acids is 1. The van der Waals surface area contributed by atoms with Crippen molar-refractivity contribution < 1.29 is 9.53 Å². The minimum atomic E-state index is -0.192. The fourth-order valence-corrected chi connectivity index (χ4v) is 4.11. The Morgan fingerprint density at radius 2 is 1.93 bits per heavy atom. The van der Waals surface area contributed by atoms with Gasteiger partial charge >= 0.3 is 0 Å². The smallest absolute Gasteiger partial charge is 0.259 e. The largest absolute Gasteiger partial charge is 0.495 e. The summed E-state index contributed by atoms with van der Waals surface area (Å²) in [5.74, 6) is 0.635. The SMILES string of the molecule is COc1ccc(NC(=O)c2cnn(-c3ccc(C)cc3)c2C2CCNCC2)cc1Cl.